The molecule has 0 unspecified atom stereocenters. The van der Waals surface area contributed by atoms with E-state index in [9.17, 15) is 9.59 Å². The molecular weight excluding hydrogens is 612 g/mol. The third kappa shape index (κ3) is 5.98. The van der Waals surface area contributed by atoms with E-state index in [4.69, 9.17) is 4.98 Å². The molecule has 0 spiro atoms. The van der Waals surface area contributed by atoms with Crippen LogP contribution in [0.5, 0.6) is 0 Å². The number of hydrogen-bond donors (Lipinski definition) is 2. The number of amides is 2. The summed E-state index contributed by atoms with van der Waals surface area (Å²) in [5, 5.41) is 0. The molecule has 2 aromatic carbocycles. The van der Waals surface area contributed by atoms with Gasteiger partial charge < -0.3 is 19.8 Å². The van der Waals surface area contributed by atoms with Crippen LogP contribution in [-0.2, 0) is 0 Å². The zero-order chi connectivity index (χ0) is 33.3. The second kappa shape index (κ2) is 12.7. The van der Waals surface area contributed by atoms with Gasteiger partial charge in [0, 0.05) is 60.1 Å². The fourth-order valence-electron chi connectivity index (χ4n) is 6.67. The van der Waals surface area contributed by atoms with Gasteiger partial charge in [0.25, 0.3) is 11.8 Å². The van der Waals surface area contributed by atoms with Crippen LogP contribution in [0.1, 0.15) is 74.8 Å². The van der Waals surface area contributed by atoms with Crippen molar-refractivity contribution in [2.75, 3.05) is 13.1 Å². The Morgan fingerprint density at radius 1 is 0.776 bits per heavy atom. The number of likely N-dealkylation sites (tertiary alicyclic amines) is 2. The lowest BCUT2D eigenvalue weighted by atomic mass is 10.1. The number of nitrogens with one attached hydrogen (secondary N) is 2. The molecule has 0 aliphatic carbocycles. The van der Waals surface area contributed by atoms with Crippen molar-refractivity contribution in [3.05, 3.63) is 144 Å². The van der Waals surface area contributed by atoms with Gasteiger partial charge in [0.05, 0.1) is 35.0 Å². The third-order valence-corrected chi connectivity index (χ3v) is 9.16. The van der Waals surface area contributed by atoms with Crippen LogP contribution >= 0.6 is 0 Å². The summed E-state index contributed by atoms with van der Waals surface area (Å²) < 4.78 is 0. The van der Waals surface area contributed by atoms with Crippen molar-refractivity contribution in [2.45, 2.75) is 31.3 Å². The molecule has 0 saturated carbocycles. The first-order valence-electron chi connectivity index (χ1n) is 16.3. The van der Waals surface area contributed by atoms with E-state index in [-0.39, 0.29) is 23.9 Å². The number of benzene rings is 2. The van der Waals surface area contributed by atoms with Crippen LogP contribution < -0.4 is 0 Å². The molecule has 49 heavy (non-hydrogen) atoms. The minimum absolute atomic E-state index is 0.00177. The predicted octanol–water partition coefficient (Wildman–Crippen LogP) is 6.26. The minimum atomic E-state index is -0.216. The van der Waals surface area contributed by atoms with Crippen molar-refractivity contribution in [3.8, 4) is 23.1 Å². The summed E-state index contributed by atoms with van der Waals surface area (Å²) in [4.78, 5) is 54.6. The number of aromatic amines is 2. The van der Waals surface area contributed by atoms with E-state index in [0.717, 1.165) is 63.5 Å². The average molecular weight is 645 g/mol. The average Bonchev–Trinajstić information content (AvgIpc) is 3.97. The van der Waals surface area contributed by atoms with Crippen molar-refractivity contribution in [3.63, 3.8) is 0 Å². The molecule has 2 atom stereocenters. The first kappa shape index (κ1) is 30.0. The number of H-pyrrole nitrogens is 2. The van der Waals surface area contributed by atoms with Gasteiger partial charge in [-0.25, -0.2) is 9.97 Å². The minimum Gasteiger partial charge on any atom is -0.340 e. The van der Waals surface area contributed by atoms with Gasteiger partial charge in [-0.2, -0.15) is 0 Å². The number of carbonyl (C=O) groups is 2. The molecule has 0 bridgehead atoms. The number of hydrogen-bond acceptors (Lipinski definition) is 6. The lowest BCUT2D eigenvalue weighted by molar-refractivity contribution is 0.0724. The van der Waals surface area contributed by atoms with Crippen molar-refractivity contribution in [1.82, 2.24) is 39.7 Å². The molecule has 2 N–H and O–H groups in total. The SMILES string of the molecule is C=C1C[C@@H](c2nc3ccc(C#Cc4ccc(-c5cnc([C@@H]6CCCN6C(=O)c6ccncc6)[nH]5)cc4)cc3[nH]2)N(C(=O)c2ccncc2)C1. The molecule has 2 fully saturated rings. The van der Waals surface area contributed by atoms with E-state index in [1.165, 1.54) is 0 Å². The van der Waals surface area contributed by atoms with Crippen molar-refractivity contribution in [2.24, 2.45) is 0 Å². The summed E-state index contributed by atoms with van der Waals surface area (Å²) in [6.07, 6.45) is 10.8. The lowest BCUT2D eigenvalue weighted by Crippen LogP contribution is -2.31. The number of pyridine rings is 2. The number of fused-ring (bicyclic) bond motifs is 1. The Morgan fingerprint density at radius 2 is 1.45 bits per heavy atom. The second-order valence-electron chi connectivity index (χ2n) is 12.4. The van der Waals surface area contributed by atoms with Crippen LogP contribution in [0.2, 0.25) is 0 Å². The molecule has 8 rings (SSSR count). The quantitative estimate of drug-likeness (QED) is 0.169. The molecule has 2 saturated heterocycles. The number of aromatic nitrogens is 6. The maximum atomic E-state index is 13.3. The van der Waals surface area contributed by atoms with Crippen LogP contribution in [0.3, 0.4) is 0 Å². The van der Waals surface area contributed by atoms with E-state index in [0.29, 0.717) is 30.6 Å². The molecule has 0 radical (unpaired) electrons. The standard InChI is InChI=1S/C39H32N8O2/c1-25-21-35(47(24-25)39(49)30-14-18-41-19-15-30)37-43-31-11-8-27(22-32(31)44-37)5-4-26-6-9-28(10-7-26)33-23-42-36(45-33)34-3-2-20-46(34)38(48)29-12-16-40-17-13-29/h6-19,22-23,34-35H,1-3,20-21,24H2,(H,42,45)(H,43,44)/t34-,35-/m0/s1. The second-order valence-corrected chi connectivity index (χ2v) is 12.4. The van der Waals surface area contributed by atoms with E-state index in [2.05, 4.69) is 43.3 Å². The molecular formula is C39H32N8O2. The summed E-state index contributed by atoms with van der Waals surface area (Å²) in [6, 6.07) is 20.6. The van der Waals surface area contributed by atoms with Gasteiger partial charge >= 0.3 is 0 Å². The third-order valence-electron chi connectivity index (χ3n) is 9.16. The fraction of sp³-hybridized carbons (Fsp3) is 0.179. The Bertz CT molecular complexity index is 2250. The first-order chi connectivity index (χ1) is 24.0. The Morgan fingerprint density at radius 3 is 2.18 bits per heavy atom. The number of rotatable bonds is 5. The van der Waals surface area contributed by atoms with Crippen molar-refractivity contribution in [1.29, 1.82) is 0 Å². The van der Waals surface area contributed by atoms with Crippen molar-refractivity contribution < 1.29 is 9.59 Å². The van der Waals surface area contributed by atoms with Gasteiger partial charge in [0.2, 0.25) is 0 Å². The van der Waals surface area contributed by atoms with Gasteiger partial charge in [-0.1, -0.05) is 36.1 Å². The topological polar surface area (TPSA) is 124 Å². The molecule has 6 aromatic rings. The first-order valence-corrected chi connectivity index (χ1v) is 16.3. The fourth-order valence-corrected chi connectivity index (χ4v) is 6.67. The van der Waals surface area contributed by atoms with Gasteiger partial charge in [-0.15, -0.1) is 0 Å². The van der Waals surface area contributed by atoms with Crippen LogP contribution in [0.25, 0.3) is 22.3 Å². The maximum absolute atomic E-state index is 13.3. The molecule has 6 heterocycles. The number of nitrogens with zero attached hydrogens (tertiary/aromatic N) is 6. The maximum Gasteiger partial charge on any atom is 0.254 e. The van der Waals surface area contributed by atoms with Crippen LogP contribution in [0, 0.1) is 11.8 Å². The van der Waals surface area contributed by atoms with E-state index in [1.807, 2.05) is 58.5 Å². The summed E-state index contributed by atoms with van der Waals surface area (Å²) in [5.41, 5.74) is 7.53. The molecule has 10 heteroatoms. The number of imidazole rings is 2. The van der Waals surface area contributed by atoms with E-state index < -0.39 is 0 Å². The monoisotopic (exact) mass is 644 g/mol. The molecule has 2 aliphatic heterocycles. The van der Waals surface area contributed by atoms with Crippen LogP contribution in [0.4, 0.5) is 0 Å². The molecule has 240 valence electrons. The predicted molar refractivity (Wildman–Crippen MR) is 185 cm³/mol. The van der Waals surface area contributed by atoms with Crippen LogP contribution in [-0.4, -0.2) is 64.6 Å². The highest BCUT2D eigenvalue weighted by molar-refractivity contribution is 5.95. The Balaban J connectivity index is 0.960. The van der Waals surface area contributed by atoms with Crippen molar-refractivity contribution >= 4 is 22.8 Å². The normalized spacial score (nSPS) is 17.3. The summed E-state index contributed by atoms with van der Waals surface area (Å²) in [5.74, 6) is 8.00. The molecule has 4 aromatic heterocycles. The highest BCUT2D eigenvalue weighted by Crippen LogP contribution is 2.35. The largest absolute Gasteiger partial charge is 0.340 e. The molecule has 10 nitrogen and oxygen atoms in total. The molecule has 2 aliphatic rings. The van der Waals surface area contributed by atoms with Gasteiger partial charge in [-0.05, 0) is 79.4 Å². The Kier molecular flexibility index (Phi) is 7.78. The van der Waals surface area contributed by atoms with E-state index in [1.54, 1.807) is 49.1 Å². The lowest BCUT2D eigenvalue weighted by Gasteiger charge is -2.23. The summed E-state index contributed by atoms with van der Waals surface area (Å²) in [6.45, 7) is 5.34. The van der Waals surface area contributed by atoms with Gasteiger partial charge in [0.15, 0.2) is 0 Å². The molecule has 2 amide bonds. The van der Waals surface area contributed by atoms with Crippen LogP contribution in [0.15, 0.2) is 110 Å². The Labute approximate surface area is 283 Å². The van der Waals surface area contributed by atoms with Gasteiger partial charge in [-0.3, -0.25) is 19.6 Å². The number of carbonyl (C=O) groups excluding carboxylic acids is 2. The van der Waals surface area contributed by atoms with E-state index >= 15 is 0 Å². The summed E-state index contributed by atoms with van der Waals surface area (Å²) in [7, 11) is 0. The summed E-state index contributed by atoms with van der Waals surface area (Å²) >= 11 is 0. The zero-order valence-corrected chi connectivity index (χ0v) is 26.6. The van der Waals surface area contributed by atoms with Gasteiger partial charge in [0.1, 0.15) is 11.6 Å². The zero-order valence-electron chi connectivity index (χ0n) is 26.6. The smallest absolute Gasteiger partial charge is 0.254 e. The Hall–Kier alpha value is -6.34. The highest BCUT2D eigenvalue weighted by atomic mass is 16.2. The highest BCUT2D eigenvalue weighted by Gasteiger charge is 2.35.